The minimum atomic E-state index is -2.40. The van der Waals surface area contributed by atoms with Gasteiger partial charge in [0, 0.05) is 0 Å². The van der Waals surface area contributed by atoms with E-state index < -0.39 is 7.26 Å². The van der Waals surface area contributed by atoms with Gasteiger partial charge < -0.3 is 0 Å². The van der Waals surface area contributed by atoms with Gasteiger partial charge in [0.2, 0.25) is 0 Å². The summed E-state index contributed by atoms with van der Waals surface area (Å²) < 4.78 is 6.42. The van der Waals surface area contributed by atoms with Crippen LogP contribution in [0.2, 0.25) is 0 Å². The van der Waals surface area contributed by atoms with Crippen LogP contribution >= 0.6 is 7.26 Å². The van der Waals surface area contributed by atoms with Crippen LogP contribution in [0.25, 0.3) is 0 Å². The van der Waals surface area contributed by atoms with Crippen molar-refractivity contribution >= 4 is 34.7 Å². The molecule has 0 radical (unpaired) electrons. The van der Waals surface area contributed by atoms with E-state index in [9.17, 15) is 9.59 Å². The number of ketones is 2. The van der Waals surface area contributed by atoms with Gasteiger partial charge in [0.05, 0.1) is 0 Å². The molecule has 3 nitrogen and oxygen atoms in total. The van der Waals surface area contributed by atoms with Crippen LogP contribution in [0.3, 0.4) is 0 Å². The van der Waals surface area contributed by atoms with Gasteiger partial charge in [-0.2, -0.15) is 0 Å². The Balaban J connectivity index is 1.33. The molecule has 0 heterocycles. The van der Waals surface area contributed by atoms with Gasteiger partial charge in [0.15, 0.2) is 0 Å². The molecule has 6 rings (SSSR count). The second-order valence-corrected chi connectivity index (χ2v) is 15.3. The molecule has 1 fully saturated rings. The SMILES string of the molecule is O=C1C(OCCC[PH](c2ccccc2)(c2ccccc2)c2ccccc2)=C(C2CCCCC2)C(=O)c2ccccc21. The minimum absolute atomic E-state index is 0.0244. The molecule has 41 heavy (non-hydrogen) atoms. The zero-order valence-electron chi connectivity index (χ0n) is 23.4. The van der Waals surface area contributed by atoms with Gasteiger partial charge in [0.1, 0.15) is 0 Å². The second-order valence-electron chi connectivity index (χ2n) is 11.2. The molecule has 0 amide bonds. The van der Waals surface area contributed by atoms with Gasteiger partial charge in [0.25, 0.3) is 0 Å². The van der Waals surface area contributed by atoms with Crippen molar-refractivity contribution < 1.29 is 14.3 Å². The third-order valence-corrected chi connectivity index (χ3v) is 13.9. The van der Waals surface area contributed by atoms with Crippen LogP contribution in [0.1, 0.15) is 59.2 Å². The van der Waals surface area contributed by atoms with E-state index in [-0.39, 0.29) is 17.5 Å². The number of rotatable bonds is 9. The van der Waals surface area contributed by atoms with Gasteiger partial charge in [-0.3, -0.25) is 0 Å². The van der Waals surface area contributed by atoms with Crippen LogP contribution in [0.5, 0.6) is 0 Å². The Labute approximate surface area is 243 Å². The first-order valence-corrected chi connectivity index (χ1v) is 17.1. The van der Waals surface area contributed by atoms with Gasteiger partial charge in [-0.25, -0.2) is 0 Å². The molecule has 0 N–H and O–H groups in total. The molecule has 2 aliphatic rings. The van der Waals surface area contributed by atoms with Crippen LogP contribution in [0.4, 0.5) is 0 Å². The van der Waals surface area contributed by atoms with Crippen LogP contribution in [0.15, 0.2) is 127 Å². The van der Waals surface area contributed by atoms with Crippen molar-refractivity contribution in [1.29, 1.82) is 0 Å². The molecule has 0 atom stereocenters. The summed E-state index contributed by atoms with van der Waals surface area (Å²) in [4.78, 5) is 27.5. The molecule has 0 aliphatic heterocycles. The molecule has 1 saturated carbocycles. The van der Waals surface area contributed by atoms with E-state index in [0.717, 1.165) is 38.3 Å². The molecule has 208 valence electrons. The van der Waals surface area contributed by atoms with E-state index in [1.807, 2.05) is 12.1 Å². The first-order valence-electron chi connectivity index (χ1n) is 14.9. The molecular formula is C37H37O3P. The molecule has 0 aromatic heterocycles. The second kappa shape index (κ2) is 12.4. The first kappa shape index (κ1) is 27.4. The number of Topliss-reactive ketones (excluding diaryl/α,β-unsaturated/α-hetero) is 2. The number of carbonyl (C=O) groups is 2. The predicted molar refractivity (Wildman–Crippen MR) is 171 cm³/mol. The summed E-state index contributed by atoms with van der Waals surface area (Å²) in [5.74, 6) is 0.226. The molecule has 2 aliphatic carbocycles. The molecule has 4 heteroatoms. The first-order chi connectivity index (χ1) is 20.2. The third kappa shape index (κ3) is 5.32. The third-order valence-electron chi connectivity index (χ3n) is 8.87. The summed E-state index contributed by atoms with van der Waals surface area (Å²) in [7, 11) is -2.40. The fourth-order valence-corrected chi connectivity index (χ4v) is 11.7. The van der Waals surface area contributed by atoms with Crippen molar-refractivity contribution in [2.75, 3.05) is 12.8 Å². The predicted octanol–water partition coefficient (Wildman–Crippen LogP) is 7.03. The van der Waals surface area contributed by atoms with Gasteiger partial charge in [-0.1, -0.05) is 0 Å². The molecule has 0 bridgehead atoms. The number of ether oxygens (including phenoxy) is 1. The Morgan fingerprint density at radius 1 is 0.585 bits per heavy atom. The summed E-state index contributed by atoms with van der Waals surface area (Å²) in [6.07, 6.45) is 6.94. The summed E-state index contributed by atoms with van der Waals surface area (Å²) in [5, 5.41) is 4.08. The van der Waals surface area contributed by atoms with Crippen molar-refractivity contribution in [3.05, 3.63) is 138 Å². The zero-order chi connectivity index (χ0) is 28.1. The van der Waals surface area contributed by atoms with Crippen molar-refractivity contribution in [2.24, 2.45) is 5.92 Å². The van der Waals surface area contributed by atoms with Crippen LogP contribution in [0, 0.1) is 5.92 Å². The number of fused-ring (bicyclic) bond motifs is 1. The fourth-order valence-electron chi connectivity index (χ4n) is 6.89. The number of benzene rings is 4. The molecule has 4 aromatic rings. The van der Waals surface area contributed by atoms with E-state index >= 15 is 0 Å². The summed E-state index contributed by atoms with van der Waals surface area (Å²) in [6, 6.07) is 39.8. The van der Waals surface area contributed by atoms with Crippen molar-refractivity contribution in [3.63, 3.8) is 0 Å². The maximum absolute atomic E-state index is 13.7. The molecule has 0 unspecified atom stereocenters. The van der Waals surface area contributed by atoms with E-state index in [1.54, 1.807) is 12.1 Å². The van der Waals surface area contributed by atoms with Crippen molar-refractivity contribution in [2.45, 2.75) is 38.5 Å². The molecule has 4 aromatic carbocycles. The zero-order valence-corrected chi connectivity index (χ0v) is 24.4. The Hall–Kier alpha value is -3.81. The fraction of sp³-hybridized carbons (Fsp3) is 0.243. The van der Waals surface area contributed by atoms with E-state index in [1.165, 1.54) is 22.3 Å². The summed E-state index contributed by atoms with van der Waals surface area (Å²) in [6.45, 7) is 0.397. The van der Waals surface area contributed by atoms with E-state index in [4.69, 9.17) is 4.74 Å². The summed E-state index contributed by atoms with van der Waals surface area (Å²) in [5.41, 5.74) is 1.61. The van der Waals surface area contributed by atoms with Gasteiger partial charge in [-0.05, 0) is 0 Å². The normalized spacial score (nSPS) is 16.4. The van der Waals surface area contributed by atoms with Crippen LogP contribution < -0.4 is 15.9 Å². The standard InChI is InChI=1S/C37H37O3P/c38-35-32-24-13-14-25-33(32)36(39)37(34(35)28-16-5-1-6-17-28)40-26-15-27-41(29-18-7-2-8-19-29,30-20-9-3-10-21-30)31-22-11-4-12-23-31/h2-4,7-14,18-25,28,41H,1,5-6,15-17,26-27H2. The Bertz CT molecular complexity index is 1440. The van der Waals surface area contributed by atoms with E-state index in [2.05, 4.69) is 91.0 Å². The quantitative estimate of drug-likeness (QED) is 0.163. The van der Waals surface area contributed by atoms with Crippen molar-refractivity contribution in [1.82, 2.24) is 0 Å². The monoisotopic (exact) mass is 560 g/mol. The Morgan fingerprint density at radius 3 is 1.56 bits per heavy atom. The Morgan fingerprint density at radius 2 is 1.05 bits per heavy atom. The molecular weight excluding hydrogens is 523 g/mol. The number of allylic oxidation sites excluding steroid dienone is 2. The topological polar surface area (TPSA) is 43.4 Å². The van der Waals surface area contributed by atoms with Crippen LogP contribution in [-0.4, -0.2) is 24.3 Å². The molecule has 0 spiro atoms. The average Bonchev–Trinajstić information content (AvgIpc) is 3.05. The summed E-state index contributed by atoms with van der Waals surface area (Å²) >= 11 is 0. The number of hydrogen-bond acceptors (Lipinski definition) is 3. The van der Waals surface area contributed by atoms with Gasteiger partial charge >= 0.3 is 244 Å². The van der Waals surface area contributed by atoms with Crippen molar-refractivity contribution in [3.8, 4) is 0 Å². The van der Waals surface area contributed by atoms with Gasteiger partial charge in [-0.15, -0.1) is 0 Å². The molecule has 0 saturated heterocycles. The number of carbonyl (C=O) groups excluding carboxylic acids is 2. The average molecular weight is 561 g/mol. The maximum atomic E-state index is 13.7. The number of hydrogen-bond donors (Lipinski definition) is 0. The Kier molecular flexibility index (Phi) is 8.26. The van der Waals surface area contributed by atoms with E-state index in [0.29, 0.717) is 29.1 Å². The van der Waals surface area contributed by atoms with Crippen LogP contribution in [-0.2, 0) is 4.74 Å².